The lowest BCUT2D eigenvalue weighted by molar-refractivity contribution is -0.763. The molecule has 0 fully saturated rings. The molecule has 1 unspecified atom stereocenters. The molecule has 1 aliphatic heterocycles. The first-order valence-electron chi connectivity index (χ1n) is 9.88. The lowest BCUT2D eigenvalue weighted by Crippen LogP contribution is -2.60. The predicted octanol–water partition coefficient (Wildman–Crippen LogP) is 2.84. The third kappa shape index (κ3) is 3.94. The molecule has 32 heavy (non-hydrogen) atoms. The Morgan fingerprint density at radius 1 is 1.25 bits per heavy atom. The van der Waals surface area contributed by atoms with Crippen LogP contribution in [0, 0.1) is 0 Å². The summed E-state index contributed by atoms with van der Waals surface area (Å²) in [6.07, 6.45) is 0.963. The molecule has 0 aliphatic carbocycles. The number of carbonyl (C=O) groups is 2. The van der Waals surface area contributed by atoms with Crippen molar-refractivity contribution in [2.45, 2.75) is 25.2 Å². The largest absolute Gasteiger partial charge is 0.427 e. The fourth-order valence-corrected chi connectivity index (χ4v) is 4.31. The van der Waals surface area contributed by atoms with Crippen molar-refractivity contribution in [1.29, 1.82) is 0 Å². The topological polar surface area (TPSA) is 96.2 Å². The highest BCUT2D eigenvalue weighted by atomic mass is 32.2. The van der Waals surface area contributed by atoms with Gasteiger partial charge in [-0.25, -0.2) is 4.90 Å². The number of nitrogens with one attached hydrogen (secondary N) is 1. The maximum absolute atomic E-state index is 13.1. The fraction of sp³-hybridized carbons (Fsp3) is 0.174. The molecule has 0 radical (unpaired) electrons. The van der Waals surface area contributed by atoms with Gasteiger partial charge in [-0.3, -0.25) is 19.4 Å². The number of esters is 1. The molecule has 0 bridgehead atoms. The molecular weight excluding hydrogens is 428 g/mol. The summed E-state index contributed by atoms with van der Waals surface area (Å²) >= 11 is 1.33. The van der Waals surface area contributed by atoms with E-state index in [2.05, 4.69) is 16.7 Å². The third-order valence-electron chi connectivity index (χ3n) is 4.85. The van der Waals surface area contributed by atoms with E-state index in [0.717, 1.165) is 0 Å². The van der Waals surface area contributed by atoms with Crippen molar-refractivity contribution in [2.24, 2.45) is 0 Å². The maximum atomic E-state index is 13.1. The van der Waals surface area contributed by atoms with E-state index in [1.54, 1.807) is 52.1 Å². The summed E-state index contributed by atoms with van der Waals surface area (Å²) in [7, 11) is 0. The number of aromatic nitrogens is 3. The van der Waals surface area contributed by atoms with Gasteiger partial charge in [0.05, 0.1) is 11.3 Å². The van der Waals surface area contributed by atoms with Crippen molar-refractivity contribution < 1.29 is 19.0 Å². The number of ether oxygens (including phenoxy) is 1. The van der Waals surface area contributed by atoms with Crippen LogP contribution in [0.2, 0.25) is 0 Å². The summed E-state index contributed by atoms with van der Waals surface area (Å²) in [5, 5.41) is 5.07. The Balaban J connectivity index is 1.99. The highest BCUT2D eigenvalue weighted by Gasteiger charge is 2.44. The lowest BCUT2D eigenvalue weighted by atomic mass is 10.0. The fourth-order valence-electron chi connectivity index (χ4n) is 3.72. The van der Waals surface area contributed by atoms with E-state index in [1.807, 2.05) is 12.1 Å². The summed E-state index contributed by atoms with van der Waals surface area (Å²) in [5.41, 5.74) is 1.86. The Hall–Kier alpha value is -3.72. The molecule has 8 nitrogen and oxygen atoms in total. The van der Waals surface area contributed by atoms with Crippen LogP contribution >= 0.6 is 11.8 Å². The van der Waals surface area contributed by atoms with Crippen molar-refractivity contribution in [3.8, 4) is 17.0 Å². The Kier molecular flexibility index (Phi) is 5.91. The normalized spacial score (nSPS) is 14.3. The quantitative estimate of drug-likeness (QED) is 0.212. The third-order valence-corrected chi connectivity index (χ3v) is 5.71. The number of hydrogen-bond donors (Lipinski definition) is 1. The van der Waals surface area contributed by atoms with E-state index in [9.17, 15) is 14.4 Å². The van der Waals surface area contributed by atoms with Gasteiger partial charge in [-0.05, 0) is 35.0 Å². The summed E-state index contributed by atoms with van der Waals surface area (Å²) in [6, 6.07) is 14.1. The number of carbonyl (C=O) groups excluding carboxylic acids is 2. The second kappa shape index (κ2) is 8.80. The Bertz CT molecular complexity index is 1290. The molecule has 3 aromatic rings. The minimum atomic E-state index is -0.752. The number of H-pyrrole nitrogens is 1. The van der Waals surface area contributed by atoms with Crippen molar-refractivity contribution >= 4 is 29.3 Å². The number of benzene rings is 2. The zero-order valence-corrected chi connectivity index (χ0v) is 18.4. The highest BCUT2D eigenvalue weighted by Crippen LogP contribution is 2.37. The van der Waals surface area contributed by atoms with Crippen molar-refractivity contribution in [3.63, 3.8) is 0 Å². The molecule has 1 N–H and O–H groups in total. The molecule has 9 heteroatoms. The van der Waals surface area contributed by atoms with E-state index in [4.69, 9.17) is 4.74 Å². The standard InChI is InChI=1S/C23H20N4O4S/c1-4-12-32-23-24-21(30)20-18-10-5-6-11-19(18)26(14(2)28)22(27(20)25-23)16-8-7-9-17(13-16)31-15(3)29/h4-11,13,22H,1,12H2,2-3H3/p+1. The van der Waals surface area contributed by atoms with Crippen LogP contribution in [0.1, 0.15) is 25.6 Å². The van der Waals surface area contributed by atoms with Gasteiger partial charge in [-0.1, -0.05) is 36.0 Å². The number of nitrogens with zero attached hydrogens (tertiary/aromatic N) is 3. The average Bonchev–Trinajstić information content (AvgIpc) is 2.76. The molecule has 4 rings (SSSR count). The van der Waals surface area contributed by atoms with Crippen LogP contribution < -0.4 is 19.9 Å². The molecule has 2 heterocycles. The van der Waals surface area contributed by atoms with E-state index >= 15 is 0 Å². The van der Waals surface area contributed by atoms with Crippen LogP contribution in [0.15, 0.2) is 71.1 Å². The number of amides is 1. The predicted molar refractivity (Wildman–Crippen MR) is 120 cm³/mol. The molecule has 0 saturated carbocycles. The zero-order valence-electron chi connectivity index (χ0n) is 17.6. The van der Waals surface area contributed by atoms with Crippen LogP contribution in [0.25, 0.3) is 11.3 Å². The Morgan fingerprint density at radius 3 is 2.75 bits per heavy atom. The Labute approximate surface area is 188 Å². The van der Waals surface area contributed by atoms with Gasteiger partial charge in [-0.2, -0.15) is 0 Å². The van der Waals surface area contributed by atoms with Gasteiger partial charge < -0.3 is 4.74 Å². The molecule has 0 spiro atoms. The number of aromatic amines is 1. The minimum absolute atomic E-state index is 0.221. The number of fused-ring (bicyclic) bond motifs is 3. The van der Waals surface area contributed by atoms with Crippen LogP contribution in [-0.4, -0.2) is 27.7 Å². The second-order valence-corrected chi connectivity index (χ2v) is 8.11. The lowest BCUT2D eigenvalue weighted by Gasteiger charge is -2.31. The number of rotatable bonds is 5. The van der Waals surface area contributed by atoms with E-state index < -0.39 is 12.1 Å². The van der Waals surface area contributed by atoms with Crippen LogP contribution in [0.3, 0.4) is 0 Å². The molecule has 0 saturated heterocycles. The maximum Gasteiger partial charge on any atom is 0.325 e. The van der Waals surface area contributed by atoms with Crippen molar-refractivity contribution in [3.05, 3.63) is 77.1 Å². The second-order valence-electron chi connectivity index (χ2n) is 7.10. The summed E-state index contributed by atoms with van der Waals surface area (Å²) in [5.74, 6) is 0.221. The molecular formula is C23H21N4O4S+. The first-order chi connectivity index (χ1) is 15.4. The molecule has 162 valence electrons. The van der Waals surface area contributed by atoms with E-state index in [-0.39, 0.29) is 11.5 Å². The summed E-state index contributed by atoms with van der Waals surface area (Å²) in [6.45, 7) is 6.49. The van der Waals surface area contributed by atoms with Gasteiger partial charge in [0.15, 0.2) is 0 Å². The highest BCUT2D eigenvalue weighted by molar-refractivity contribution is 7.99. The number of hydrogen-bond acceptors (Lipinski definition) is 6. The summed E-state index contributed by atoms with van der Waals surface area (Å²) < 4.78 is 6.80. The number of para-hydroxylation sites is 1. The monoisotopic (exact) mass is 449 g/mol. The first kappa shape index (κ1) is 21.5. The van der Waals surface area contributed by atoms with Crippen molar-refractivity contribution in [2.75, 3.05) is 10.7 Å². The van der Waals surface area contributed by atoms with Gasteiger partial charge in [-0.15, -0.1) is 6.58 Å². The SMILES string of the molecule is C=CCSc1n[n+]2c(c(=O)[nH]1)-c1ccccc1N(C(C)=O)C2c1cccc(OC(C)=O)c1. The molecule has 2 aromatic carbocycles. The van der Waals surface area contributed by atoms with Gasteiger partial charge in [0.1, 0.15) is 5.75 Å². The minimum Gasteiger partial charge on any atom is -0.427 e. The number of anilines is 1. The van der Waals surface area contributed by atoms with Gasteiger partial charge >= 0.3 is 17.2 Å². The molecule has 1 amide bonds. The first-order valence-corrected chi connectivity index (χ1v) is 10.9. The smallest absolute Gasteiger partial charge is 0.325 e. The van der Waals surface area contributed by atoms with Gasteiger partial charge in [0, 0.05) is 30.3 Å². The Morgan fingerprint density at radius 2 is 2.03 bits per heavy atom. The average molecular weight is 450 g/mol. The molecule has 1 aromatic heterocycles. The zero-order chi connectivity index (χ0) is 22.8. The van der Waals surface area contributed by atoms with Crippen LogP contribution in [-0.2, 0) is 9.59 Å². The van der Waals surface area contributed by atoms with E-state index in [1.165, 1.54) is 25.6 Å². The van der Waals surface area contributed by atoms with Gasteiger partial charge in [0.25, 0.3) is 6.17 Å². The molecule has 1 aliphatic rings. The van der Waals surface area contributed by atoms with Crippen LogP contribution in [0.4, 0.5) is 5.69 Å². The summed E-state index contributed by atoms with van der Waals surface area (Å²) in [4.78, 5) is 41.9. The number of thioether (sulfide) groups is 1. The van der Waals surface area contributed by atoms with Crippen LogP contribution in [0.5, 0.6) is 5.75 Å². The van der Waals surface area contributed by atoms with E-state index in [0.29, 0.717) is 39.2 Å². The van der Waals surface area contributed by atoms with Gasteiger partial charge in [0.2, 0.25) is 11.1 Å². The molecule has 1 atom stereocenters. The van der Waals surface area contributed by atoms with Crippen molar-refractivity contribution in [1.82, 2.24) is 10.1 Å².